The summed E-state index contributed by atoms with van der Waals surface area (Å²) in [6.45, 7) is 2.33. The summed E-state index contributed by atoms with van der Waals surface area (Å²) in [7, 11) is 0. The molecule has 276 valence electrons. The van der Waals surface area contributed by atoms with Crippen molar-refractivity contribution in [1.82, 2.24) is 0 Å². The van der Waals surface area contributed by atoms with Crippen molar-refractivity contribution in [2.24, 2.45) is 0 Å². The molecule has 7 N–H and O–H groups in total. The molecule has 0 amide bonds. The van der Waals surface area contributed by atoms with Crippen LogP contribution < -0.4 is 0 Å². The highest BCUT2D eigenvalue weighted by Gasteiger charge is 2.47. The van der Waals surface area contributed by atoms with Crippen LogP contribution in [0.1, 0.15) is 97.3 Å². The third-order valence-electron chi connectivity index (χ3n) is 8.34. The lowest BCUT2D eigenvalue weighted by Crippen LogP contribution is -2.61. The highest BCUT2D eigenvalue weighted by Crippen LogP contribution is 2.26. The van der Waals surface area contributed by atoms with Gasteiger partial charge in [0.1, 0.15) is 55.4 Å². The van der Waals surface area contributed by atoms with E-state index < -0.39 is 92.7 Å². The first-order chi connectivity index (χ1) is 22.5. The van der Waals surface area contributed by atoms with E-state index in [1.807, 2.05) is 0 Å². The number of aliphatic hydroxyl groups is 7. The Labute approximate surface area is 277 Å². The fourth-order valence-corrected chi connectivity index (χ4v) is 5.33. The summed E-state index contributed by atoms with van der Waals surface area (Å²) in [5.74, 6) is -0.954. The van der Waals surface area contributed by atoms with Gasteiger partial charge in [0.25, 0.3) is 0 Å². The van der Waals surface area contributed by atoms with Crippen LogP contribution in [0.25, 0.3) is 0 Å². The number of rotatable bonds is 23. The molecule has 0 aromatic rings. The quantitative estimate of drug-likeness (QED) is 0.0563. The SMILES string of the molecule is CCCCCCCCCC(=O)O[C@H](COC(=O)CCCCCC)CO[C@@H]1O[C@H](CO[C@H]2O[C@H](CO)[C@H](O)[C@H](O)[C@H]2O)[C@H](O)[C@H](O)[C@H]1O. The molecular weight excluding hydrogens is 624 g/mol. The van der Waals surface area contributed by atoms with Crippen molar-refractivity contribution < 1.29 is 73.8 Å². The molecule has 0 radical (unpaired) electrons. The van der Waals surface area contributed by atoms with Gasteiger partial charge in [-0.1, -0.05) is 71.6 Å². The minimum absolute atomic E-state index is 0.167. The molecule has 0 saturated carbocycles. The average Bonchev–Trinajstić information content (AvgIpc) is 3.06. The number of aliphatic hydroxyl groups excluding tert-OH is 7. The van der Waals surface area contributed by atoms with Gasteiger partial charge in [0, 0.05) is 12.8 Å². The lowest BCUT2D eigenvalue weighted by molar-refractivity contribution is -0.332. The predicted molar refractivity (Wildman–Crippen MR) is 165 cm³/mol. The minimum atomic E-state index is -1.75. The van der Waals surface area contributed by atoms with Crippen LogP contribution in [0.4, 0.5) is 0 Å². The second kappa shape index (κ2) is 23.0. The molecule has 2 rings (SSSR count). The molecule has 2 saturated heterocycles. The molecule has 2 fully saturated rings. The Morgan fingerprint density at radius 2 is 1.09 bits per heavy atom. The Balaban J connectivity index is 1.95. The van der Waals surface area contributed by atoms with Gasteiger partial charge in [0.05, 0.1) is 19.8 Å². The lowest BCUT2D eigenvalue weighted by Gasteiger charge is -2.42. The molecule has 0 spiro atoms. The molecule has 2 aliphatic heterocycles. The van der Waals surface area contributed by atoms with Crippen molar-refractivity contribution >= 4 is 11.9 Å². The van der Waals surface area contributed by atoms with Crippen molar-refractivity contribution in [3.8, 4) is 0 Å². The number of carbonyl (C=O) groups is 2. The first-order valence-corrected chi connectivity index (χ1v) is 17.1. The number of hydrogen-bond donors (Lipinski definition) is 7. The van der Waals surface area contributed by atoms with Crippen molar-refractivity contribution in [2.45, 2.75) is 165 Å². The average molecular weight is 683 g/mol. The van der Waals surface area contributed by atoms with E-state index in [0.717, 1.165) is 51.4 Å². The van der Waals surface area contributed by atoms with Gasteiger partial charge in [0.2, 0.25) is 0 Å². The number of carbonyl (C=O) groups excluding carboxylic acids is 2. The summed E-state index contributed by atoms with van der Waals surface area (Å²) in [6.07, 6.45) is -5.73. The Morgan fingerprint density at radius 3 is 1.68 bits per heavy atom. The molecule has 0 unspecified atom stereocenters. The third kappa shape index (κ3) is 14.5. The van der Waals surface area contributed by atoms with Gasteiger partial charge in [-0.25, -0.2) is 0 Å². The van der Waals surface area contributed by atoms with E-state index in [9.17, 15) is 45.3 Å². The summed E-state index contributed by atoms with van der Waals surface area (Å²) in [6, 6.07) is 0. The number of esters is 2. The monoisotopic (exact) mass is 682 g/mol. The van der Waals surface area contributed by atoms with E-state index in [1.54, 1.807) is 0 Å². The standard InChI is InChI=1S/C32H58O15/c1-3-5-7-9-10-11-13-15-24(35)45-20(17-42-23(34)14-12-8-6-4-2)18-43-31-30(41)28(39)26(37)22(47-31)19-44-32-29(40)27(38)25(36)21(16-33)46-32/h20-22,25-33,36-41H,3-19H2,1-2H3/t20-,21-,22-,25+,26+,27+,28+,29-,30-,31-,32+/m1/s1. The molecule has 15 heteroatoms. The Bertz CT molecular complexity index is 860. The smallest absolute Gasteiger partial charge is 0.306 e. The summed E-state index contributed by atoms with van der Waals surface area (Å²) in [5, 5.41) is 71.1. The molecule has 0 aromatic heterocycles. The van der Waals surface area contributed by atoms with Gasteiger partial charge in [-0.2, -0.15) is 0 Å². The van der Waals surface area contributed by atoms with E-state index in [-0.39, 0.29) is 26.1 Å². The summed E-state index contributed by atoms with van der Waals surface area (Å²) in [5.41, 5.74) is 0. The van der Waals surface area contributed by atoms with Gasteiger partial charge in [0.15, 0.2) is 18.7 Å². The van der Waals surface area contributed by atoms with E-state index in [4.69, 9.17) is 28.4 Å². The zero-order valence-corrected chi connectivity index (χ0v) is 27.8. The van der Waals surface area contributed by atoms with Crippen LogP contribution in [-0.4, -0.2) is 142 Å². The molecule has 47 heavy (non-hydrogen) atoms. The maximum atomic E-state index is 12.6. The van der Waals surface area contributed by atoms with Gasteiger partial charge in [-0.15, -0.1) is 0 Å². The fraction of sp³-hybridized carbons (Fsp3) is 0.938. The zero-order valence-electron chi connectivity index (χ0n) is 27.8. The van der Waals surface area contributed by atoms with E-state index in [0.29, 0.717) is 12.8 Å². The number of hydrogen-bond acceptors (Lipinski definition) is 15. The predicted octanol–water partition coefficient (Wildman–Crippen LogP) is 0.193. The second-order valence-electron chi connectivity index (χ2n) is 12.4. The molecule has 0 aliphatic carbocycles. The molecule has 0 bridgehead atoms. The van der Waals surface area contributed by atoms with Crippen LogP contribution in [0.2, 0.25) is 0 Å². The number of unbranched alkanes of at least 4 members (excludes halogenated alkanes) is 9. The van der Waals surface area contributed by atoms with Gasteiger partial charge in [-0.05, 0) is 12.8 Å². The first kappa shape index (κ1) is 41.7. The van der Waals surface area contributed by atoms with Crippen molar-refractivity contribution in [1.29, 1.82) is 0 Å². The normalized spacial score (nSPS) is 31.8. The highest BCUT2D eigenvalue weighted by molar-refractivity contribution is 5.70. The fourth-order valence-electron chi connectivity index (χ4n) is 5.33. The van der Waals surface area contributed by atoms with Crippen LogP contribution in [0, 0.1) is 0 Å². The van der Waals surface area contributed by atoms with Gasteiger partial charge >= 0.3 is 11.9 Å². The van der Waals surface area contributed by atoms with Crippen LogP contribution in [0.5, 0.6) is 0 Å². The van der Waals surface area contributed by atoms with Gasteiger partial charge in [-0.3, -0.25) is 9.59 Å². The Morgan fingerprint density at radius 1 is 0.596 bits per heavy atom. The van der Waals surface area contributed by atoms with E-state index in [2.05, 4.69) is 13.8 Å². The Hall–Kier alpha value is -1.50. The van der Waals surface area contributed by atoms with Crippen LogP contribution in [0.3, 0.4) is 0 Å². The largest absolute Gasteiger partial charge is 0.462 e. The molecule has 2 aliphatic rings. The summed E-state index contributed by atoms with van der Waals surface area (Å²) < 4.78 is 32.9. The second-order valence-corrected chi connectivity index (χ2v) is 12.4. The third-order valence-corrected chi connectivity index (χ3v) is 8.34. The number of ether oxygens (including phenoxy) is 6. The zero-order chi connectivity index (χ0) is 34.8. The molecule has 15 nitrogen and oxygen atoms in total. The molecule has 2 heterocycles. The summed E-state index contributed by atoms with van der Waals surface area (Å²) in [4.78, 5) is 24.9. The minimum Gasteiger partial charge on any atom is -0.462 e. The van der Waals surface area contributed by atoms with E-state index >= 15 is 0 Å². The van der Waals surface area contributed by atoms with Crippen molar-refractivity contribution in [3.63, 3.8) is 0 Å². The highest BCUT2D eigenvalue weighted by atomic mass is 16.7. The first-order valence-electron chi connectivity index (χ1n) is 17.1. The Kier molecular flexibility index (Phi) is 20.4. The molecular formula is C32H58O15. The van der Waals surface area contributed by atoms with Gasteiger partial charge < -0.3 is 64.2 Å². The van der Waals surface area contributed by atoms with Crippen LogP contribution >= 0.6 is 0 Å². The molecule has 11 atom stereocenters. The molecule has 0 aromatic carbocycles. The van der Waals surface area contributed by atoms with Crippen molar-refractivity contribution in [2.75, 3.05) is 26.4 Å². The maximum absolute atomic E-state index is 12.6. The lowest BCUT2D eigenvalue weighted by atomic mass is 9.98. The van der Waals surface area contributed by atoms with E-state index in [1.165, 1.54) is 6.42 Å². The van der Waals surface area contributed by atoms with Crippen LogP contribution in [-0.2, 0) is 38.0 Å². The topological polar surface area (TPSA) is 231 Å². The van der Waals surface area contributed by atoms with Crippen molar-refractivity contribution in [3.05, 3.63) is 0 Å². The maximum Gasteiger partial charge on any atom is 0.306 e. The summed E-state index contributed by atoms with van der Waals surface area (Å²) >= 11 is 0. The van der Waals surface area contributed by atoms with Crippen LogP contribution in [0.15, 0.2) is 0 Å².